The zero-order valence-electron chi connectivity index (χ0n) is 12.4. The number of amides is 2. The molecule has 4 nitrogen and oxygen atoms in total. The van der Waals surface area contributed by atoms with E-state index in [2.05, 4.69) is 23.7 Å². The third kappa shape index (κ3) is 3.12. The van der Waals surface area contributed by atoms with Gasteiger partial charge in [-0.3, -0.25) is 9.59 Å². The Kier molecular flexibility index (Phi) is 4.29. The van der Waals surface area contributed by atoms with E-state index in [0.717, 1.165) is 32.1 Å². The van der Waals surface area contributed by atoms with Crippen LogP contribution in [-0.2, 0) is 16.0 Å². The number of thiophene rings is 1. The van der Waals surface area contributed by atoms with E-state index >= 15 is 0 Å². The number of nitrogens with zero attached hydrogens (tertiary/aromatic N) is 1. The molecule has 2 atom stereocenters. The highest BCUT2D eigenvalue weighted by Gasteiger charge is 2.46. The minimum absolute atomic E-state index is 0.0412. The minimum atomic E-state index is -0.280. The quantitative estimate of drug-likeness (QED) is 0.876. The van der Waals surface area contributed by atoms with Crippen molar-refractivity contribution in [2.24, 2.45) is 5.92 Å². The lowest BCUT2D eigenvalue weighted by Crippen LogP contribution is -2.64. The third-order valence-electron chi connectivity index (χ3n) is 4.36. The molecule has 2 aliphatic rings. The van der Waals surface area contributed by atoms with Crippen molar-refractivity contribution in [2.45, 2.75) is 51.1 Å². The predicted octanol–water partition coefficient (Wildman–Crippen LogP) is 2.20. The summed E-state index contributed by atoms with van der Waals surface area (Å²) in [6.07, 6.45) is 4.63. The summed E-state index contributed by atoms with van der Waals surface area (Å²) in [5.41, 5.74) is 0. The van der Waals surface area contributed by atoms with Crippen LogP contribution in [0.4, 0.5) is 0 Å². The molecule has 0 aromatic carbocycles. The first-order valence-corrected chi connectivity index (χ1v) is 8.72. The van der Waals surface area contributed by atoms with Gasteiger partial charge in [-0.25, -0.2) is 0 Å². The fraction of sp³-hybridized carbons (Fsp3) is 0.625. The van der Waals surface area contributed by atoms with E-state index in [1.807, 2.05) is 11.0 Å². The van der Waals surface area contributed by atoms with Gasteiger partial charge in [-0.05, 0) is 43.0 Å². The van der Waals surface area contributed by atoms with Crippen LogP contribution in [0.25, 0.3) is 0 Å². The second-order valence-corrected chi connectivity index (χ2v) is 7.02. The third-order valence-corrected chi connectivity index (χ3v) is 5.30. The number of carbonyl (C=O) groups excluding carboxylic acids is 2. The van der Waals surface area contributed by atoms with Crippen molar-refractivity contribution < 1.29 is 9.59 Å². The van der Waals surface area contributed by atoms with Gasteiger partial charge in [-0.2, -0.15) is 0 Å². The summed E-state index contributed by atoms with van der Waals surface area (Å²) < 4.78 is 0. The van der Waals surface area contributed by atoms with Gasteiger partial charge in [0, 0.05) is 11.4 Å². The maximum Gasteiger partial charge on any atom is 0.246 e. The molecule has 2 fully saturated rings. The second kappa shape index (κ2) is 6.18. The summed E-state index contributed by atoms with van der Waals surface area (Å²) in [7, 11) is 0. The highest BCUT2D eigenvalue weighted by Crippen LogP contribution is 2.35. The van der Waals surface area contributed by atoms with Crippen LogP contribution in [0, 0.1) is 5.92 Å². The SMILES string of the molecule is CCCC1C(=O)NC(C2CC2)C(=O)N1CCc1cccs1. The van der Waals surface area contributed by atoms with E-state index in [-0.39, 0.29) is 23.9 Å². The van der Waals surface area contributed by atoms with Gasteiger partial charge in [0.2, 0.25) is 11.8 Å². The highest BCUT2D eigenvalue weighted by molar-refractivity contribution is 7.09. The number of rotatable bonds is 6. The summed E-state index contributed by atoms with van der Waals surface area (Å²) >= 11 is 1.71. The van der Waals surface area contributed by atoms with Crippen molar-refractivity contribution in [2.75, 3.05) is 6.54 Å². The standard InChI is InChI=1S/C16H22N2O2S/c1-2-4-13-15(19)17-14(11-6-7-11)16(20)18(13)9-8-12-5-3-10-21-12/h3,5,10-11,13-14H,2,4,6-9H2,1H3,(H,17,19). The Hall–Kier alpha value is -1.36. The molecule has 1 saturated heterocycles. The summed E-state index contributed by atoms with van der Waals surface area (Å²) in [6.45, 7) is 2.71. The van der Waals surface area contributed by atoms with E-state index < -0.39 is 0 Å². The Balaban J connectivity index is 1.72. The zero-order chi connectivity index (χ0) is 14.8. The smallest absolute Gasteiger partial charge is 0.246 e. The largest absolute Gasteiger partial charge is 0.342 e. The molecule has 0 spiro atoms. The van der Waals surface area contributed by atoms with Crippen LogP contribution in [0.15, 0.2) is 17.5 Å². The molecule has 1 aromatic heterocycles. The van der Waals surface area contributed by atoms with E-state index in [4.69, 9.17) is 0 Å². The maximum absolute atomic E-state index is 12.7. The molecule has 1 saturated carbocycles. The van der Waals surface area contributed by atoms with Crippen molar-refractivity contribution in [1.29, 1.82) is 0 Å². The molecule has 1 N–H and O–H groups in total. The van der Waals surface area contributed by atoms with Crippen molar-refractivity contribution in [3.8, 4) is 0 Å². The van der Waals surface area contributed by atoms with Crippen molar-refractivity contribution in [1.82, 2.24) is 10.2 Å². The topological polar surface area (TPSA) is 49.4 Å². The molecule has 3 rings (SSSR count). The molecule has 21 heavy (non-hydrogen) atoms. The first-order valence-electron chi connectivity index (χ1n) is 7.84. The van der Waals surface area contributed by atoms with Crippen LogP contribution < -0.4 is 5.32 Å². The molecular formula is C16H22N2O2S. The summed E-state index contributed by atoms with van der Waals surface area (Å²) in [5, 5.41) is 5.01. The fourth-order valence-electron chi connectivity index (χ4n) is 3.05. The van der Waals surface area contributed by atoms with Gasteiger partial charge in [0.05, 0.1) is 0 Å². The number of hydrogen-bond acceptors (Lipinski definition) is 3. The van der Waals surface area contributed by atoms with Gasteiger partial charge >= 0.3 is 0 Å². The van der Waals surface area contributed by atoms with Crippen LogP contribution in [0.5, 0.6) is 0 Å². The molecule has 2 heterocycles. The molecule has 1 aliphatic carbocycles. The van der Waals surface area contributed by atoms with Crippen molar-refractivity contribution in [3.05, 3.63) is 22.4 Å². The van der Waals surface area contributed by atoms with E-state index in [1.165, 1.54) is 4.88 Å². The lowest BCUT2D eigenvalue weighted by molar-refractivity contribution is -0.150. The lowest BCUT2D eigenvalue weighted by Gasteiger charge is -2.39. The van der Waals surface area contributed by atoms with Crippen molar-refractivity contribution >= 4 is 23.2 Å². The average Bonchev–Trinajstić information content (AvgIpc) is 3.18. The minimum Gasteiger partial charge on any atom is -0.342 e. The summed E-state index contributed by atoms with van der Waals surface area (Å²) in [5.74, 6) is 0.542. The molecule has 0 radical (unpaired) electrons. The Bertz CT molecular complexity index is 510. The fourth-order valence-corrected chi connectivity index (χ4v) is 3.74. The number of piperazine rings is 1. The van der Waals surface area contributed by atoms with Gasteiger partial charge < -0.3 is 10.2 Å². The van der Waals surface area contributed by atoms with Gasteiger partial charge in [-0.15, -0.1) is 11.3 Å². The summed E-state index contributed by atoms with van der Waals surface area (Å²) in [6, 6.07) is 3.57. The van der Waals surface area contributed by atoms with Crippen molar-refractivity contribution in [3.63, 3.8) is 0 Å². The van der Waals surface area contributed by atoms with Gasteiger partial charge in [0.25, 0.3) is 0 Å². The monoisotopic (exact) mass is 306 g/mol. The zero-order valence-corrected chi connectivity index (χ0v) is 13.2. The molecule has 1 aliphatic heterocycles. The van der Waals surface area contributed by atoms with Gasteiger partial charge in [0.1, 0.15) is 12.1 Å². The highest BCUT2D eigenvalue weighted by atomic mass is 32.1. The van der Waals surface area contributed by atoms with Crippen LogP contribution in [0.3, 0.4) is 0 Å². The lowest BCUT2D eigenvalue weighted by atomic mass is 10.00. The predicted molar refractivity (Wildman–Crippen MR) is 83.1 cm³/mol. The Morgan fingerprint density at radius 3 is 2.81 bits per heavy atom. The normalized spacial score (nSPS) is 26.0. The number of carbonyl (C=O) groups is 2. The van der Waals surface area contributed by atoms with Gasteiger partial charge in [0.15, 0.2) is 0 Å². The molecule has 1 aromatic rings. The van der Waals surface area contributed by atoms with E-state index in [1.54, 1.807) is 11.3 Å². The Labute approximate surface area is 129 Å². The van der Waals surface area contributed by atoms with Crippen LogP contribution in [-0.4, -0.2) is 35.3 Å². The molecule has 2 amide bonds. The van der Waals surface area contributed by atoms with E-state index in [0.29, 0.717) is 12.5 Å². The maximum atomic E-state index is 12.7. The van der Waals surface area contributed by atoms with Crippen LogP contribution in [0.2, 0.25) is 0 Å². The van der Waals surface area contributed by atoms with Crippen LogP contribution in [0.1, 0.15) is 37.5 Å². The molecule has 5 heteroatoms. The Morgan fingerprint density at radius 2 is 2.19 bits per heavy atom. The number of nitrogens with one attached hydrogen (secondary N) is 1. The first-order chi connectivity index (χ1) is 10.2. The van der Waals surface area contributed by atoms with Gasteiger partial charge in [-0.1, -0.05) is 19.4 Å². The van der Waals surface area contributed by atoms with E-state index in [9.17, 15) is 9.59 Å². The second-order valence-electron chi connectivity index (χ2n) is 5.99. The first kappa shape index (κ1) is 14.6. The Morgan fingerprint density at radius 1 is 1.38 bits per heavy atom. The van der Waals surface area contributed by atoms with Crippen LogP contribution >= 0.6 is 11.3 Å². The molecule has 2 unspecified atom stereocenters. The molecule has 114 valence electrons. The summed E-state index contributed by atoms with van der Waals surface area (Å²) in [4.78, 5) is 28.2. The molecular weight excluding hydrogens is 284 g/mol. The molecule has 0 bridgehead atoms. The number of hydrogen-bond donors (Lipinski definition) is 1. The average molecular weight is 306 g/mol.